The van der Waals surface area contributed by atoms with Gasteiger partial charge in [-0.05, 0) is 40.7 Å². The molecule has 0 aromatic heterocycles. The number of carboxylic acid groups (broad SMARTS) is 1. The van der Waals surface area contributed by atoms with Crippen LogP contribution in [0.5, 0.6) is 0 Å². The Labute approximate surface area is 123 Å². The van der Waals surface area contributed by atoms with Crippen LogP contribution in [0.1, 0.15) is 35.4 Å². The van der Waals surface area contributed by atoms with Gasteiger partial charge in [-0.3, -0.25) is 4.79 Å². The Balaban J connectivity index is 1.90. The molecule has 21 heavy (non-hydrogen) atoms. The van der Waals surface area contributed by atoms with Crippen molar-refractivity contribution in [2.75, 3.05) is 6.61 Å². The Kier molecular flexibility index (Phi) is 3.76. The number of rotatable bonds is 5. The molecule has 0 saturated carbocycles. The van der Waals surface area contributed by atoms with Gasteiger partial charge in [-0.25, -0.2) is 0 Å². The monoisotopic (exact) mass is 282 g/mol. The number of aliphatic hydroxyl groups is 1. The lowest BCUT2D eigenvalue weighted by atomic mass is 9.95. The number of fused-ring (bicyclic) bond motifs is 3. The topological polar surface area (TPSA) is 57.5 Å². The first kappa shape index (κ1) is 13.8. The molecular formula is C18H18O3. The molecular weight excluding hydrogens is 264 g/mol. The summed E-state index contributed by atoms with van der Waals surface area (Å²) in [4.78, 5) is 10.6. The standard InChI is InChI=1S/C18H18O3/c19-11-17-14-6-2-1-5-13(14)15-9-8-12(10-16(15)17)4-3-7-18(20)21/h1-2,5-6,8-10,17,19H,3-4,7,11H2,(H,20,21). The van der Waals surface area contributed by atoms with E-state index in [4.69, 9.17) is 5.11 Å². The molecule has 1 unspecified atom stereocenters. The van der Waals surface area contributed by atoms with Gasteiger partial charge in [0.15, 0.2) is 0 Å². The molecule has 3 nitrogen and oxygen atoms in total. The summed E-state index contributed by atoms with van der Waals surface area (Å²) in [5.74, 6) is -0.715. The predicted molar refractivity (Wildman–Crippen MR) is 81.4 cm³/mol. The zero-order valence-corrected chi connectivity index (χ0v) is 11.7. The molecule has 108 valence electrons. The average molecular weight is 282 g/mol. The molecule has 0 heterocycles. The quantitative estimate of drug-likeness (QED) is 0.885. The summed E-state index contributed by atoms with van der Waals surface area (Å²) in [5, 5.41) is 18.4. The first-order chi connectivity index (χ1) is 10.2. The van der Waals surface area contributed by atoms with Gasteiger partial charge in [-0.15, -0.1) is 0 Å². The molecule has 1 atom stereocenters. The third-order valence-corrected chi connectivity index (χ3v) is 4.16. The average Bonchev–Trinajstić information content (AvgIpc) is 2.80. The number of aliphatic carboxylic acids is 1. The normalized spacial score (nSPS) is 15.6. The third kappa shape index (κ3) is 2.57. The fraction of sp³-hybridized carbons (Fsp3) is 0.278. The Morgan fingerprint density at radius 2 is 1.81 bits per heavy atom. The highest BCUT2D eigenvalue weighted by Crippen LogP contribution is 2.44. The van der Waals surface area contributed by atoms with E-state index in [1.807, 2.05) is 12.1 Å². The van der Waals surface area contributed by atoms with Crippen molar-refractivity contribution < 1.29 is 15.0 Å². The van der Waals surface area contributed by atoms with Crippen LogP contribution in [-0.4, -0.2) is 22.8 Å². The fourth-order valence-electron chi connectivity index (χ4n) is 3.16. The Morgan fingerprint density at radius 1 is 1.05 bits per heavy atom. The summed E-state index contributed by atoms with van der Waals surface area (Å²) in [6.45, 7) is 0.0998. The van der Waals surface area contributed by atoms with E-state index in [0.29, 0.717) is 6.42 Å². The zero-order chi connectivity index (χ0) is 14.8. The van der Waals surface area contributed by atoms with E-state index < -0.39 is 5.97 Å². The molecule has 3 rings (SSSR count). The van der Waals surface area contributed by atoms with Crippen molar-refractivity contribution in [2.24, 2.45) is 0 Å². The van der Waals surface area contributed by atoms with Gasteiger partial charge in [-0.1, -0.05) is 42.5 Å². The van der Waals surface area contributed by atoms with Crippen molar-refractivity contribution in [3.63, 3.8) is 0 Å². The smallest absolute Gasteiger partial charge is 0.303 e. The second-order valence-electron chi connectivity index (χ2n) is 5.49. The van der Waals surface area contributed by atoms with Crippen LogP contribution in [0, 0.1) is 0 Å². The molecule has 0 radical (unpaired) electrons. The van der Waals surface area contributed by atoms with Crippen LogP contribution < -0.4 is 0 Å². The van der Waals surface area contributed by atoms with Crippen LogP contribution in [0.25, 0.3) is 11.1 Å². The van der Waals surface area contributed by atoms with Gasteiger partial charge in [-0.2, -0.15) is 0 Å². The summed E-state index contributed by atoms with van der Waals surface area (Å²) in [6.07, 6.45) is 1.60. The number of hydrogen-bond donors (Lipinski definition) is 2. The molecule has 2 N–H and O–H groups in total. The van der Waals surface area contributed by atoms with Gasteiger partial charge >= 0.3 is 5.97 Å². The largest absolute Gasteiger partial charge is 0.481 e. The molecule has 2 aromatic rings. The highest BCUT2D eigenvalue weighted by atomic mass is 16.4. The van der Waals surface area contributed by atoms with Crippen molar-refractivity contribution in [3.05, 3.63) is 59.2 Å². The van der Waals surface area contributed by atoms with Gasteiger partial charge in [0, 0.05) is 12.3 Å². The number of carbonyl (C=O) groups is 1. The highest BCUT2D eigenvalue weighted by molar-refractivity contribution is 5.79. The van der Waals surface area contributed by atoms with Crippen molar-refractivity contribution in [3.8, 4) is 11.1 Å². The van der Waals surface area contributed by atoms with Crippen LogP contribution in [0.4, 0.5) is 0 Å². The van der Waals surface area contributed by atoms with E-state index in [1.165, 1.54) is 16.7 Å². The van der Waals surface area contributed by atoms with Crippen LogP contribution in [0.3, 0.4) is 0 Å². The van der Waals surface area contributed by atoms with E-state index in [0.717, 1.165) is 17.5 Å². The number of aliphatic hydroxyl groups excluding tert-OH is 1. The second-order valence-corrected chi connectivity index (χ2v) is 5.49. The minimum Gasteiger partial charge on any atom is -0.481 e. The molecule has 3 heteroatoms. The Bertz CT molecular complexity index is 676. The van der Waals surface area contributed by atoms with Crippen molar-refractivity contribution >= 4 is 5.97 Å². The maximum Gasteiger partial charge on any atom is 0.303 e. The number of benzene rings is 2. The molecule has 0 fully saturated rings. The van der Waals surface area contributed by atoms with Gasteiger partial charge < -0.3 is 10.2 Å². The maximum atomic E-state index is 10.6. The Morgan fingerprint density at radius 3 is 2.57 bits per heavy atom. The molecule has 0 amide bonds. The molecule has 0 bridgehead atoms. The van der Waals surface area contributed by atoms with E-state index in [9.17, 15) is 9.90 Å². The van der Waals surface area contributed by atoms with E-state index in [-0.39, 0.29) is 18.9 Å². The summed E-state index contributed by atoms with van der Waals surface area (Å²) in [7, 11) is 0. The molecule has 2 aromatic carbocycles. The van der Waals surface area contributed by atoms with Crippen molar-refractivity contribution in [2.45, 2.75) is 25.2 Å². The highest BCUT2D eigenvalue weighted by Gasteiger charge is 2.27. The first-order valence-electron chi connectivity index (χ1n) is 7.25. The second kappa shape index (κ2) is 5.70. The fourth-order valence-corrected chi connectivity index (χ4v) is 3.16. The van der Waals surface area contributed by atoms with E-state index >= 15 is 0 Å². The van der Waals surface area contributed by atoms with Gasteiger partial charge in [0.2, 0.25) is 0 Å². The SMILES string of the molecule is O=C(O)CCCc1ccc2c(c1)C(CO)c1ccccc1-2. The minimum absolute atomic E-state index is 0.0376. The van der Waals surface area contributed by atoms with Crippen LogP contribution in [0.2, 0.25) is 0 Å². The summed E-state index contributed by atoms with van der Waals surface area (Å²) < 4.78 is 0. The maximum absolute atomic E-state index is 10.6. The number of carboxylic acids is 1. The zero-order valence-electron chi connectivity index (χ0n) is 11.7. The van der Waals surface area contributed by atoms with Gasteiger partial charge in [0.1, 0.15) is 0 Å². The van der Waals surface area contributed by atoms with Crippen LogP contribution in [0.15, 0.2) is 42.5 Å². The molecule has 1 aliphatic rings. The van der Waals surface area contributed by atoms with Crippen molar-refractivity contribution in [1.29, 1.82) is 0 Å². The summed E-state index contributed by atoms with van der Waals surface area (Å²) in [6, 6.07) is 14.5. The lowest BCUT2D eigenvalue weighted by Gasteiger charge is -2.11. The van der Waals surface area contributed by atoms with E-state index in [1.54, 1.807) is 0 Å². The molecule has 0 aliphatic heterocycles. The lowest BCUT2D eigenvalue weighted by Crippen LogP contribution is -2.02. The van der Waals surface area contributed by atoms with Crippen molar-refractivity contribution in [1.82, 2.24) is 0 Å². The molecule has 0 saturated heterocycles. The summed E-state index contributed by atoms with van der Waals surface area (Å²) >= 11 is 0. The number of hydrogen-bond acceptors (Lipinski definition) is 2. The predicted octanol–water partition coefficient (Wildman–Crippen LogP) is 3.20. The first-order valence-corrected chi connectivity index (χ1v) is 7.25. The van der Waals surface area contributed by atoms with Gasteiger partial charge in [0.25, 0.3) is 0 Å². The molecule has 0 spiro atoms. The Hall–Kier alpha value is -2.13. The van der Waals surface area contributed by atoms with Crippen LogP contribution in [-0.2, 0) is 11.2 Å². The molecule has 1 aliphatic carbocycles. The van der Waals surface area contributed by atoms with Gasteiger partial charge in [0.05, 0.1) is 6.61 Å². The third-order valence-electron chi connectivity index (χ3n) is 4.16. The summed E-state index contributed by atoms with van der Waals surface area (Å²) in [5.41, 5.74) is 5.86. The minimum atomic E-state index is -0.753. The van der Waals surface area contributed by atoms with Crippen LogP contribution >= 0.6 is 0 Å². The number of aryl methyl sites for hydroxylation is 1. The lowest BCUT2D eigenvalue weighted by molar-refractivity contribution is -0.137. The van der Waals surface area contributed by atoms with E-state index in [2.05, 4.69) is 30.3 Å².